The van der Waals surface area contributed by atoms with E-state index in [2.05, 4.69) is 57.4 Å². The molecular formula is C14H15BrN2. The first-order valence-electron chi connectivity index (χ1n) is 5.67. The molecule has 2 aromatic rings. The largest absolute Gasteiger partial charge is 0.367 e. The van der Waals surface area contributed by atoms with E-state index in [0.717, 1.165) is 16.8 Å². The SMILES string of the molecule is CC(Cc1ccccc1)Nc1cccc(Br)n1. The van der Waals surface area contributed by atoms with Gasteiger partial charge < -0.3 is 5.32 Å². The lowest BCUT2D eigenvalue weighted by Gasteiger charge is -2.14. The maximum absolute atomic E-state index is 4.36. The fourth-order valence-electron chi connectivity index (χ4n) is 1.76. The van der Waals surface area contributed by atoms with Gasteiger partial charge in [0.1, 0.15) is 10.4 Å². The van der Waals surface area contributed by atoms with Gasteiger partial charge in [0.25, 0.3) is 0 Å². The summed E-state index contributed by atoms with van der Waals surface area (Å²) in [5.41, 5.74) is 1.34. The highest BCUT2D eigenvalue weighted by molar-refractivity contribution is 9.10. The van der Waals surface area contributed by atoms with Crippen molar-refractivity contribution in [1.29, 1.82) is 0 Å². The Hall–Kier alpha value is -1.35. The van der Waals surface area contributed by atoms with Crippen LogP contribution >= 0.6 is 15.9 Å². The van der Waals surface area contributed by atoms with Crippen molar-refractivity contribution >= 4 is 21.7 Å². The van der Waals surface area contributed by atoms with E-state index >= 15 is 0 Å². The molecule has 0 aliphatic rings. The number of halogens is 1. The summed E-state index contributed by atoms with van der Waals surface area (Å²) < 4.78 is 0.856. The molecule has 88 valence electrons. The van der Waals surface area contributed by atoms with Crippen molar-refractivity contribution in [2.75, 3.05) is 5.32 Å². The predicted octanol–water partition coefficient (Wildman–Crippen LogP) is 3.89. The number of hydrogen-bond acceptors (Lipinski definition) is 2. The highest BCUT2D eigenvalue weighted by Crippen LogP contribution is 2.12. The van der Waals surface area contributed by atoms with Gasteiger partial charge in [-0.2, -0.15) is 0 Å². The highest BCUT2D eigenvalue weighted by atomic mass is 79.9. The van der Waals surface area contributed by atoms with Crippen molar-refractivity contribution in [3.8, 4) is 0 Å². The van der Waals surface area contributed by atoms with Crippen LogP contribution in [-0.4, -0.2) is 11.0 Å². The van der Waals surface area contributed by atoms with Crippen molar-refractivity contribution in [3.05, 3.63) is 58.7 Å². The Kier molecular flexibility index (Phi) is 4.15. The smallest absolute Gasteiger partial charge is 0.127 e. The summed E-state index contributed by atoms with van der Waals surface area (Å²) in [5.74, 6) is 0.905. The third kappa shape index (κ3) is 3.86. The Bertz CT molecular complexity index is 471. The Morgan fingerprint density at radius 2 is 1.88 bits per heavy atom. The molecule has 0 radical (unpaired) electrons. The van der Waals surface area contributed by atoms with E-state index in [1.807, 2.05) is 24.3 Å². The van der Waals surface area contributed by atoms with E-state index in [-0.39, 0.29) is 0 Å². The van der Waals surface area contributed by atoms with Gasteiger partial charge in [-0.3, -0.25) is 0 Å². The minimum absolute atomic E-state index is 0.360. The van der Waals surface area contributed by atoms with Gasteiger partial charge in [-0.05, 0) is 47.0 Å². The van der Waals surface area contributed by atoms with E-state index in [4.69, 9.17) is 0 Å². The van der Waals surface area contributed by atoms with Crippen molar-refractivity contribution in [3.63, 3.8) is 0 Å². The fourth-order valence-corrected chi connectivity index (χ4v) is 2.10. The zero-order valence-corrected chi connectivity index (χ0v) is 11.3. The van der Waals surface area contributed by atoms with Crippen LogP contribution in [0.1, 0.15) is 12.5 Å². The van der Waals surface area contributed by atoms with E-state index in [0.29, 0.717) is 6.04 Å². The van der Waals surface area contributed by atoms with Crippen molar-refractivity contribution in [2.24, 2.45) is 0 Å². The molecule has 0 saturated heterocycles. The van der Waals surface area contributed by atoms with Gasteiger partial charge in [0.15, 0.2) is 0 Å². The van der Waals surface area contributed by atoms with Gasteiger partial charge in [-0.1, -0.05) is 36.4 Å². The average molecular weight is 291 g/mol. The molecule has 17 heavy (non-hydrogen) atoms. The molecule has 0 aliphatic carbocycles. The Balaban J connectivity index is 1.96. The average Bonchev–Trinajstić information content (AvgIpc) is 2.30. The number of anilines is 1. The quantitative estimate of drug-likeness (QED) is 0.864. The van der Waals surface area contributed by atoms with Gasteiger partial charge in [-0.15, -0.1) is 0 Å². The molecule has 1 N–H and O–H groups in total. The van der Waals surface area contributed by atoms with Crippen LogP contribution in [0.15, 0.2) is 53.1 Å². The summed E-state index contributed by atoms with van der Waals surface area (Å²) in [6.07, 6.45) is 0.995. The zero-order valence-electron chi connectivity index (χ0n) is 9.73. The number of nitrogens with one attached hydrogen (secondary N) is 1. The Morgan fingerprint density at radius 1 is 1.12 bits per heavy atom. The molecule has 1 unspecified atom stereocenters. The van der Waals surface area contributed by atoms with Gasteiger partial charge in [0.05, 0.1) is 0 Å². The minimum atomic E-state index is 0.360. The van der Waals surface area contributed by atoms with Crippen LogP contribution in [0.2, 0.25) is 0 Å². The maximum atomic E-state index is 4.36. The normalized spacial score (nSPS) is 12.1. The predicted molar refractivity (Wildman–Crippen MR) is 75.2 cm³/mol. The van der Waals surface area contributed by atoms with Crippen molar-refractivity contribution in [2.45, 2.75) is 19.4 Å². The Labute approximate surface area is 110 Å². The van der Waals surface area contributed by atoms with Gasteiger partial charge in [0.2, 0.25) is 0 Å². The molecule has 3 heteroatoms. The molecular weight excluding hydrogens is 276 g/mol. The van der Waals surface area contributed by atoms with Gasteiger partial charge >= 0.3 is 0 Å². The number of aromatic nitrogens is 1. The first kappa shape index (κ1) is 12.1. The molecule has 0 bridgehead atoms. The summed E-state index contributed by atoms with van der Waals surface area (Å²) in [5, 5.41) is 3.39. The molecule has 1 atom stereocenters. The van der Waals surface area contributed by atoms with Crippen LogP contribution in [0, 0.1) is 0 Å². The topological polar surface area (TPSA) is 24.9 Å². The minimum Gasteiger partial charge on any atom is -0.367 e. The number of rotatable bonds is 4. The first-order valence-corrected chi connectivity index (χ1v) is 6.46. The van der Waals surface area contributed by atoms with Gasteiger partial charge in [-0.25, -0.2) is 4.98 Å². The van der Waals surface area contributed by atoms with Gasteiger partial charge in [0, 0.05) is 6.04 Å². The van der Waals surface area contributed by atoms with Crippen LogP contribution in [0.3, 0.4) is 0 Å². The summed E-state index contributed by atoms with van der Waals surface area (Å²) >= 11 is 3.37. The second-order valence-electron chi connectivity index (χ2n) is 4.08. The van der Waals surface area contributed by atoms with Crippen LogP contribution < -0.4 is 5.32 Å². The third-order valence-electron chi connectivity index (χ3n) is 2.49. The summed E-state index contributed by atoms with van der Waals surface area (Å²) in [6.45, 7) is 2.16. The summed E-state index contributed by atoms with van der Waals surface area (Å²) in [7, 11) is 0. The van der Waals surface area contributed by atoms with Crippen molar-refractivity contribution in [1.82, 2.24) is 4.98 Å². The molecule has 1 heterocycles. The fraction of sp³-hybridized carbons (Fsp3) is 0.214. The molecule has 0 spiro atoms. The lowest BCUT2D eigenvalue weighted by molar-refractivity contribution is 0.784. The molecule has 1 aromatic heterocycles. The monoisotopic (exact) mass is 290 g/mol. The van der Waals surface area contributed by atoms with E-state index in [1.165, 1.54) is 5.56 Å². The van der Waals surface area contributed by atoms with Crippen LogP contribution in [-0.2, 0) is 6.42 Å². The Morgan fingerprint density at radius 3 is 2.59 bits per heavy atom. The van der Waals surface area contributed by atoms with E-state index in [9.17, 15) is 0 Å². The first-order chi connectivity index (χ1) is 8.24. The number of hydrogen-bond donors (Lipinski definition) is 1. The highest BCUT2D eigenvalue weighted by Gasteiger charge is 2.04. The second-order valence-corrected chi connectivity index (χ2v) is 4.89. The maximum Gasteiger partial charge on any atom is 0.127 e. The molecule has 0 amide bonds. The second kappa shape index (κ2) is 5.82. The summed E-state index contributed by atoms with van der Waals surface area (Å²) in [6, 6.07) is 16.7. The zero-order chi connectivity index (χ0) is 12.1. The molecule has 0 aliphatic heterocycles. The number of benzene rings is 1. The molecule has 0 fully saturated rings. The van der Waals surface area contributed by atoms with Crippen LogP contribution in [0.25, 0.3) is 0 Å². The number of nitrogens with zero attached hydrogens (tertiary/aromatic N) is 1. The van der Waals surface area contributed by atoms with Crippen molar-refractivity contribution < 1.29 is 0 Å². The molecule has 2 nitrogen and oxygen atoms in total. The lowest BCUT2D eigenvalue weighted by atomic mass is 10.1. The lowest BCUT2D eigenvalue weighted by Crippen LogP contribution is -2.18. The standard InChI is InChI=1S/C14H15BrN2/c1-11(10-12-6-3-2-4-7-12)16-14-9-5-8-13(15)17-14/h2-9,11H,10H2,1H3,(H,16,17). The van der Waals surface area contributed by atoms with E-state index < -0.39 is 0 Å². The summed E-state index contributed by atoms with van der Waals surface area (Å²) in [4.78, 5) is 4.36. The van der Waals surface area contributed by atoms with E-state index in [1.54, 1.807) is 0 Å². The molecule has 2 rings (SSSR count). The van der Waals surface area contributed by atoms with Crippen LogP contribution in [0.4, 0.5) is 5.82 Å². The van der Waals surface area contributed by atoms with Crippen LogP contribution in [0.5, 0.6) is 0 Å². The molecule has 1 aromatic carbocycles. The third-order valence-corrected chi connectivity index (χ3v) is 2.94. The number of pyridine rings is 1. The molecule has 0 saturated carbocycles.